The van der Waals surface area contributed by atoms with Crippen molar-refractivity contribution in [2.75, 3.05) is 18.5 Å². The Balaban J connectivity index is 1.15. The largest absolute Gasteiger partial charge is 0.448 e. The van der Waals surface area contributed by atoms with Crippen molar-refractivity contribution in [1.82, 2.24) is 15.1 Å². The van der Waals surface area contributed by atoms with Gasteiger partial charge in [0, 0.05) is 29.1 Å². The van der Waals surface area contributed by atoms with Crippen LogP contribution in [-0.4, -0.2) is 57.0 Å². The molecule has 2 saturated carbocycles. The number of aliphatic hydroxyl groups is 1. The lowest BCUT2D eigenvalue weighted by Gasteiger charge is -2.49. The minimum absolute atomic E-state index is 0.0796. The van der Waals surface area contributed by atoms with Crippen molar-refractivity contribution in [3.05, 3.63) is 66.2 Å². The molecule has 9 heteroatoms. The Morgan fingerprint density at radius 3 is 2.39 bits per heavy atom. The first-order valence-electron chi connectivity index (χ1n) is 14.5. The van der Waals surface area contributed by atoms with Gasteiger partial charge in [-0.2, -0.15) is 0 Å². The maximum absolute atomic E-state index is 13.0. The maximum atomic E-state index is 13.0. The van der Waals surface area contributed by atoms with Gasteiger partial charge < -0.3 is 25.8 Å². The highest BCUT2D eigenvalue weighted by atomic mass is 16.6. The van der Waals surface area contributed by atoms with Crippen LogP contribution < -0.4 is 11.1 Å². The molecule has 0 bridgehead atoms. The number of aromatic nitrogens is 2. The van der Waals surface area contributed by atoms with E-state index in [0.717, 1.165) is 47.9 Å². The van der Waals surface area contributed by atoms with E-state index in [4.69, 9.17) is 10.5 Å². The van der Waals surface area contributed by atoms with E-state index in [1.54, 1.807) is 0 Å². The summed E-state index contributed by atoms with van der Waals surface area (Å²) in [4.78, 5) is 26.7. The van der Waals surface area contributed by atoms with Crippen molar-refractivity contribution >= 4 is 17.8 Å². The smallest absolute Gasteiger partial charge is 0.410 e. The molecule has 2 amide bonds. The summed E-state index contributed by atoms with van der Waals surface area (Å²) in [5.74, 6) is 0.610. The number of carbonyl (C=O) groups is 2. The van der Waals surface area contributed by atoms with Crippen LogP contribution in [0.2, 0.25) is 0 Å². The van der Waals surface area contributed by atoms with Crippen LogP contribution >= 0.6 is 0 Å². The molecule has 0 spiro atoms. The van der Waals surface area contributed by atoms with Gasteiger partial charge in [0.15, 0.2) is 5.82 Å². The molecule has 3 fully saturated rings. The second kappa shape index (κ2) is 10.9. The van der Waals surface area contributed by atoms with Crippen LogP contribution in [0.1, 0.15) is 57.4 Å². The molecule has 4 N–H and O–H groups in total. The van der Waals surface area contributed by atoms with E-state index in [1.807, 2.05) is 72.5 Å². The summed E-state index contributed by atoms with van der Waals surface area (Å²) in [7, 11) is 0. The zero-order chi connectivity index (χ0) is 28.6. The summed E-state index contributed by atoms with van der Waals surface area (Å²) in [6.07, 6.45) is 4.84. The number of hydrogen-bond donors (Lipinski definition) is 3. The summed E-state index contributed by atoms with van der Waals surface area (Å²) < 4.78 is 5.08. The van der Waals surface area contributed by atoms with Gasteiger partial charge in [-0.15, -0.1) is 10.2 Å². The molecule has 1 aromatic heterocycles. The number of cyclic esters (lactones) is 1. The predicted octanol–water partition coefficient (Wildman–Crippen LogP) is 4.85. The van der Waals surface area contributed by atoms with Crippen LogP contribution in [-0.2, 0) is 15.1 Å². The molecule has 2 aromatic carbocycles. The molecule has 1 saturated heterocycles. The predicted molar refractivity (Wildman–Crippen MR) is 156 cm³/mol. The minimum Gasteiger partial charge on any atom is -0.448 e. The van der Waals surface area contributed by atoms with Gasteiger partial charge >= 0.3 is 6.09 Å². The zero-order valence-corrected chi connectivity index (χ0v) is 23.4. The van der Waals surface area contributed by atoms with Crippen molar-refractivity contribution in [2.45, 2.75) is 69.1 Å². The number of carbonyl (C=O) groups excluding carboxylic acids is 2. The third kappa shape index (κ3) is 5.83. The summed E-state index contributed by atoms with van der Waals surface area (Å²) in [5, 5.41) is 22.1. The van der Waals surface area contributed by atoms with Crippen LogP contribution in [0.25, 0.3) is 22.4 Å². The number of nitrogens with two attached hydrogens (primary N) is 1. The minimum atomic E-state index is -0.720. The van der Waals surface area contributed by atoms with Gasteiger partial charge in [0.1, 0.15) is 12.3 Å². The fourth-order valence-corrected chi connectivity index (χ4v) is 6.83. The summed E-state index contributed by atoms with van der Waals surface area (Å²) in [6.45, 7) is 2.94. The third-order valence-electron chi connectivity index (χ3n) is 8.80. The zero-order valence-electron chi connectivity index (χ0n) is 23.4. The molecule has 0 atom stereocenters. The SMILES string of the molecule is C[C@]1(O)C[C@@](N)(c2ccc(-c3nnc(NC(=O)C[C@H]4CC[C@H](N5CCOC5=O)CC4)cc3-c3ccccc3)cc2)C1. The Morgan fingerprint density at radius 1 is 1.05 bits per heavy atom. The number of amides is 2. The fourth-order valence-electron chi connectivity index (χ4n) is 6.83. The van der Waals surface area contributed by atoms with Crippen molar-refractivity contribution in [2.24, 2.45) is 11.7 Å². The number of anilines is 1. The van der Waals surface area contributed by atoms with Crippen LogP contribution in [0.15, 0.2) is 60.7 Å². The highest BCUT2D eigenvalue weighted by molar-refractivity contribution is 5.91. The van der Waals surface area contributed by atoms with Gasteiger partial charge in [0.25, 0.3) is 0 Å². The van der Waals surface area contributed by atoms with Gasteiger partial charge in [-0.25, -0.2) is 4.79 Å². The monoisotopic (exact) mass is 555 g/mol. The lowest BCUT2D eigenvalue weighted by molar-refractivity contribution is -0.117. The van der Waals surface area contributed by atoms with E-state index in [2.05, 4.69) is 15.5 Å². The molecular formula is C32H37N5O4. The summed E-state index contributed by atoms with van der Waals surface area (Å²) in [5.41, 5.74) is 9.73. The quantitative estimate of drug-likeness (QED) is 0.380. The Bertz CT molecular complexity index is 1410. The van der Waals surface area contributed by atoms with Crippen LogP contribution in [0.4, 0.5) is 10.6 Å². The van der Waals surface area contributed by atoms with E-state index in [-0.39, 0.29) is 24.0 Å². The molecule has 0 unspecified atom stereocenters. The van der Waals surface area contributed by atoms with Gasteiger partial charge in [0.2, 0.25) is 5.91 Å². The number of nitrogens with zero attached hydrogens (tertiary/aromatic N) is 3. The lowest BCUT2D eigenvalue weighted by Crippen LogP contribution is -2.58. The van der Waals surface area contributed by atoms with E-state index >= 15 is 0 Å². The maximum Gasteiger partial charge on any atom is 0.410 e. The molecular weight excluding hydrogens is 518 g/mol. The highest BCUT2D eigenvalue weighted by Crippen LogP contribution is 2.46. The molecule has 2 aliphatic carbocycles. The van der Waals surface area contributed by atoms with Crippen LogP contribution in [0.5, 0.6) is 0 Å². The molecule has 6 rings (SSSR count). The van der Waals surface area contributed by atoms with Crippen molar-refractivity contribution in [3.8, 4) is 22.4 Å². The number of hydrogen-bond acceptors (Lipinski definition) is 7. The molecule has 41 heavy (non-hydrogen) atoms. The number of rotatable bonds is 7. The Labute approximate surface area is 240 Å². The summed E-state index contributed by atoms with van der Waals surface area (Å²) in [6, 6.07) is 20.0. The second-order valence-corrected chi connectivity index (χ2v) is 12.2. The Morgan fingerprint density at radius 2 is 1.76 bits per heavy atom. The highest BCUT2D eigenvalue weighted by Gasteiger charge is 2.49. The van der Waals surface area contributed by atoms with Crippen molar-refractivity contribution in [3.63, 3.8) is 0 Å². The first-order valence-corrected chi connectivity index (χ1v) is 14.5. The van der Waals surface area contributed by atoms with E-state index in [1.165, 1.54) is 0 Å². The lowest BCUT2D eigenvalue weighted by atomic mass is 9.63. The molecule has 0 radical (unpaired) electrons. The number of benzene rings is 2. The number of nitrogens with one attached hydrogen (secondary N) is 1. The molecule has 9 nitrogen and oxygen atoms in total. The molecule has 2 heterocycles. The van der Waals surface area contributed by atoms with E-state index in [9.17, 15) is 14.7 Å². The fraction of sp³-hybridized carbons (Fsp3) is 0.438. The van der Waals surface area contributed by atoms with Gasteiger partial charge in [-0.1, -0.05) is 54.6 Å². The molecule has 214 valence electrons. The van der Waals surface area contributed by atoms with Crippen LogP contribution in [0.3, 0.4) is 0 Å². The summed E-state index contributed by atoms with van der Waals surface area (Å²) >= 11 is 0. The third-order valence-corrected chi connectivity index (χ3v) is 8.80. The van der Waals surface area contributed by atoms with Crippen molar-refractivity contribution < 1.29 is 19.4 Å². The second-order valence-electron chi connectivity index (χ2n) is 12.2. The normalized spacial score (nSPS) is 27.7. The Hall–Kier alpha value is -3.82. The molecule has 3 aliphatic rings. The first kappa shape index (κ1) is 27.4. The molecule has 3 aromatic rings. The topological polar surface area (TPSA) is 131 Å². The van der Waals surface area contributed by atoms with Gasteiger partial charge in [-0.05, 0) is 68.6 Å². The standard InChI is InChI=1S/C32H37N5O4/c1-31(40)19-32(33,20-31)24-11-9-23(10-12-24)29-26(22-5-3-2-4-6-22)18-27(35-36-29)34-28(38)17-21-7-13-25(14-8-21)37-15-16-41-30(37)39/h2-6,9-12,18,21,25,40H,7-8,13-17,19-20,33H2,1H3,(H,34,35,38)/t21-,25-,31-,32-. The van der Waals surface area contributed by atoms with Crippen molar-refractivity contribution in [1.29, 1.82) is 0 Å². The average Bonchev–Trinajstić information content (AvgIpc) is 3.38. The Kier molecular flexibility index (Phi) is 7.25. The average molecular weight is 556 g/mol. The number of ether oxygens (including phenoxy) is 1. The molecule has 1 aliphatic heterocycles. The van der Waals surface area contributed by atoms with E-state index in [0.29, 0.717) is 43.9 Å². The van der Waals surface area contributed by atoms with Gasteiger partial charge in [-0.3, -0.25) is 4.79 Å². The van der Waals surface area contributed by atoms with Crippen LogP contribution in [0, 0.1) is 5.92 Å². The van der Waals surface area contributed by atoms with E-state index < -0.39 is 11.1 Å². The first-order chi connectivity index (χ1) is 19.7. The van der Waals surface area contributed by atoms with Gasteiger partial charge in [0.05, 0.1) is 12.1 Å².